The Labute approximate surface area is 191 Å². The van der Waals surface area contributed by atoms with Crippen LogP contribution in [0, 0.1) is 22.7 Å². The first-order valence-corrected chi connectivity index (χ1v) is 12.4. The number of aliphatic hydroxyl groups is 2. The molecule has 1 unspecified atom stereocenters. The van der Waals surface area contributed by atoms with Gasteiger partial charge in [0, 0.05) is 23.6 Å². The number of furan rings is 1. The molecule has 1 aromatic heterocycles. The molecule has 0 radical (unpaired) electrons. The smallest absolute Gasteiger partial charge is 0.101 e. The quantitative estimate of drug-likeness (QED) is 0.519. The average molecular weight is 445 g/mol. The van der Waals surface area contributed by atoms with Gasteiger partial charge in [-0.2, -0.15) is 0 Å². The Morgan fingerprint density at radius 3 is 2.66 bits per heavy atom. The lowest BCUT2D eigenvalue weighted by atomic mass is 9.44. The molecule has 4 aliphatic rings. The number of fused-ring (bicyclic) bond motifs is 5. The van der Waals surface area contributed by atoms with Crippen LogP contribution in [-0.4, -0.2) is 41.1 Å². The standard InChI is InChI=1S/C26H40N2O4/c1-23-8-5-20(32-16-19(28)14-27)13-17(23)3-4-22-21(23)6-9-24(2)25(29,10-11-26(22,24)30)18-7-12-31-15-18/h7,12-13,15,19-22,29-30H,3-6,8-11,14,16,27-28H2,1-2H3/t19?,20-,21-,22+,23-,24+,25-,26-/m0/s1. The number of nitrogens with two attached hydrogens (primary N) is 2. The monoisotopic (exact) mass is 444 g/mol. The number of hydrogen-bond acceptors (Lipinski definition) is 6. The normalized spacial score (nSPS) is 46.7. The lowest BCUT2D eigenvalue weighted by Gasteiger charge is -2.62. The van der Waals surface area contributed by atoms with Gasteiger partial charge in [0.05, 0.1) is 30.8 Å². The van der Waals surface area contributed by atoms with Gasteiger partial charge in [-0.3, -0.25) is 0 Å². The van der Waals surface area contributed by atoms with Crippen LogP contribution in [-0.2, 0) is 10.3 Å². The molecule has 0 spiro atoms. The van der Waals surface area contributed by atoms with Gasteiger partial charge >= 0.3 is 0 Å². The Balaban J connectivity index is 1.41. The molecule has 32 heavy (non-hydrogen) atoms. The highest BCUT2D eigenvalue weighted by Crippen LogP contribution is 2.71. The Hall–Kier alpha value is -1.18. The fourth-order valence-electron chi connectivity index (χ4n) is 8.09. The second kappa shape index (κ2) is 7.67. The predicted molar refractivity (Wildman–Crippen MR) is 123 cm³/mol. The molecule has 0 saturated heterocycles. The Bertz CT molecular complexity index is 871. The van der Waals surface area contributed by atoms with Crippen molar-refractivity contribution in [2.75, 3.05) is 13.2 Å². The average Bonchev–Trinajstić information content (AvgIpc) is 3.39. The van der Waals surface area contributed by atoms with E-state index in [0.717, 1.165) is 44.1 Å². The van der Waals surface area contributed by atoms with E-state index in [1.165, 1.54) is 5.57 Å². The van der Waals surface area contributed by atoms with Crippen LogP contribution in [0.1, 0.15) is 70.8 Å². The van der Waals surface area contributed by atoms with Crippen molar-refractivity contribution in [3.8, 4) is 0 Å². The first-order valence-electron chi connectivity index (χ1n) is 12.4. The minimum absolute atomic E-state index is 0.0895. The Morgan fingerprint density at radius 2 is 1.94 bits per heavy atom. The summed E-state index contributed by atoms with van der Waals surface area (Å²) in [5.74, 6) is 0.631. The van der Waals surface area contributed by atoms with Crippen LogP contribution in [0.5, 0.6) is 0 Å². The molecule has 3 saturated carbocycles. The lowest BCUT2D eigenvalue weighted by molar-refractivity contribution is -0.222. The molecule has 0 bridgehead atoms. The van der Waals surface area contributed by atoms with Gasteiger partial charge in [0.15, 0.2) is 0 Å². The second-order valence-electron chi connectivity index (χ2n) is 11.4. The lowest BCUT2D eigenvalue weighted by Crippen LogP contribution is -2.63. The van der Waals surface area contributed by atoms with Crippen molar-refractivity contribution in [1.82, 2.24) is 0 Å². The van der Waals surface area contributed by atoms with Gasteiger partial charge in [0.1, 0.15) is 5.60 Å². The molecular formula is C26H40N2O4. The summed E-state index contributed by atoms with van der Waals surface area (Å²) in [6.07, 6.45) is 12.8. The molecule has 8 atom stereocenters. The van der Waals surface area contributed by atoms with Crippen LogP contribution >= 0.6 is 0 Å². The van der Waals surface area contributed by atoms with Crippen LogP contribution in [0.25, 0.3) is 0 Å². The third kappa shape index (κ3) is 2.96. The van der Waals surface area contributed by atoms with Crippen LogP contribution in [0.3, 0.4) is 0 Å². The van der Waals surface area contributed by atoms with E-state index in [0.29, 0.717) is 31.9 Å². The van der Waals surface area contributed by atoms with Gasteiger partial charge in [-0.25, -0.2) is 0 Å². The molecule has 1 aromatic rings. The summed E-state index contributed by atoms with van der Waals surface area (Å²) in [4.78, 5) is 0. The van der Waals surface area contributed by atoms with Gasteiger partial charge < -0.3 is 30.8 Å². The Morgan fingerprint density at radius 1 is 1.12 bits per heavy atom. The summed E-state index contributed by atoms with van der Waals surface area (Å²) in [6, 6.07) is 1.75. The molecule has 0 aromatic carbocycles. The second-order valence-corrected chi connectivity index (χ2v) is 11.4. The van der Waals surface area contributed by atoms with Gasteiger partial charge in [0.25, 0.3) is 0 Å². The number of rotatable bonds is 5. The summed E-state index contributed by atoms with van der Waals surface area (Å²) in [6.45, 7) is 5.45. The molecule has 4 aliphatic carbocycles. The van der Waals surface area contributed by atoms with E-state index in [4.69, 9.17) is 20.6 Å². The highest BCUT2D eigenvalue weighted by molar-refractivity contribution is 5.33. The summed E-state index contributed by atoms with van der Waals surface area (Å²) in [5.41, 5.74) is 11.5. The van der Waals surface area contributed by atoms with E-state index >= 15 is 0 Å². The molecule has 6 heteroatoms. The van der Waals surface area contributed by atoms with Gasteiger partial charge in [-0.1, -0.05) is 25.5 Å². The van der Waals surface area contributed by atoms with Crippen molar-refractivity contribution < 1.29 is 19.4 Å². The number of hydrogen-bond donors (Lipinski definition) is 4. The first-order chi connectivity index (χ1) is 15.2. The van der Waals surface area contributed by atoms with Crippen LogP contribution in [0.2, 0.25) is 0 Å². The van der Waals surface area contributed by atoms with Crippen LogP contribution in [0.4, 0.5) is 0 Å². The van der Waals surface area contributed by atoms with Crippen molar-refractivity contribution >= 4 is 0 Å². The van der Waals surface area contributed by atoms with Crippen molar-refractivity contribution in [3.05, 3.63) is 35.8 Å². The zero-order chi connectivity index (χ0) is 22.8. The zero-order valence-electron chi connectivity index (χ0n) is 19.6. The minimum Gasteiger partial charge on any atom is -0.472 e. The van der Waals surface area contributed by atoms with Crippen molar-refractivity contribution in [2.24, 2.45) is 34.1 Å². The van der Waals surface area contributed by atoms with E-state index in [9.17, 15) is 10.2 Å². The van der Waals surface area contributed by atoms with E-state index < -0.39 is 16.6 Å². The zero-order valence-corrected chi connectivity index (χ0v) is 19.6. The molecular weight excluding hydrogens is 404 g/mol. The molecule has 6 nitrogen and oxygen atoms in total. The summed E-state index contributed by atoms with van der Waals surface area (Å²) in [7, 11) is 0. The van der Waals surface area contributed by atoms with E-state index in [1.54, 1.807) is 12.5 Å². The van der Waals surface area contributed by atoms with E-state index in [-0.39, 0.29) is 23.5 Å². The topological polar surface area (TPSA) is 115 Å². The van der Waals surface area contributed by atoms with E-state index in [1.807, 2.05) is 6.07 Å². The fourth-order valence-corrected chi connectivity index (χ4v) is 8.09. The first kappa shape index (κ1) is 22.6. The SMILES string of the molecule is C[C@]12CC[C@H]3[C@@H](CCC4=C[C@@H](OCC(N)CN)CC[C@@]43C)[C@@]1(O)CC[C@]2(O)c1ccoc1. The maximum absolute atomic E-state index is 12.3. The molecule has 3 fully saturated rings. The number of allylic oxidation sites excluding steroid dienone is 1. The van der Waals surface area contributed by atoms with Gasteiger partial charge in [0.2, 0.25) is 0 Å². The summed E-state index contributed by atoms with van der Waals surface area (Å²) < 4.78 is 11.4. The minimum atomic E-state index is -1.04. The maximum Gasteiger partial charge on any atom is 0.101 e. The molecule has 0 amide bonds. The van der Waals surface area contributed by atoms with E-state index in [2.05, 4.69) is 19.9 Å². The van der Waals surface area contributed by atoms with Crippen LogP contribution in [0.15, 0.2) is 34.7 Å². The van der Waals surface area contributed by atoms with Crippen molar-refractivity contribution in [1.29, 1.82) is 0 Å². The van der Waals surface area contributed by atoms with Crippen LogP contribution < -0.4 is 11.5 Å². The molecule has 178 valence electrons. The largest absolute Gasteiger partial charge is 0.472 e. The molecule has 5 rings (SSSR count). The van der Waals surface area contributed by atoms with Gasteiger partial charge in [-0.05, 0) is 74.7 Å². The molecule has 1 heterocycles. The summed E-state index contributed by atoms with van der Waals surface area (Å²) in [5, 5.41) is 24.1. The summed E-state index contributed by atoms with van der Waals surface area (Å²) >= 11 is 0. The fraction of sp³-hybridized carbons (Fsp3) is 0.769. The highest BCUT2D eigenvalue weighted by Gasteiger charge is 2.71. The Kier molecular flexibility index (Phi) is 5.42. The third-order valence-corrected chi connectivity index (χ3v) is 10.2. The third-order valence-electron chi connectivity index (χ3n) is 10.2. The van der Waals surface area contributed by atoms with Crippen molar-refractivity contribution in [3.63, 3.8) is 0 Å². The van der Waals surface area contributed by atoms with Crippen molar-refractivity contribution in [2.45, 2.75) is 88.6 Å². The highest BCUT2D eigenvalue weighted by atomic mass is 16.5. The van der Waals surface area contributed by atoms with Gasteiger partial charge in [-0.15, -0.1) is 0 Å². The maximum atomic E-state index is 12.3. The number of ether oxygens (including phenoxy) is 1. The predicted octanol–water partition coefficient (Wildman–Crippen LogP) is 3.22. The molecule has 0 aliphatic heterocycles. The molecule has 6 N–H and O–H groups in total.